The van der Waals surface area contributed by atoms with Gasteiger partial charge in [-0.25, -0.2) is 0 Å². The molecule has 0 heterocycles. The first-order chi connectivity index (χ1) is 28.6. The zero-order valence-electron chi connectivity index (χ0n) is 37.9. The number of benzene rings is 6. The van der Waals surface area contributed by atoms with E-state index in [1.807, 2.05) is 63.4 Å². The fourth-order valence-electron chi connectivity index (χ4n) is 8.15. The van der Waals surface area contributed by atoms with Gasteiger partial charge in [0.25, 0.3) is 0 Å². The van der Waals surface area contributed by atoms with Crippen LogP contribution in [0.4, 0.5) is 0 Å². The molecular weight excluding hydrogens is 711 g/mol. The molecular formula is C58H69N. The van der Waals surface area contributed by atoms with Crippen molar-refractivity contribution in [2.24, 2.45) is 5.92 Å². The molecule has 0 spiro atoms. The molecule has 0 bridgehead atoms. The Morgan fingerprint density at radius 3 is 1.80 bits per heavy atom. The fraction of sp³-hybridized carbons (Fsp3) is 0.276. The number of hydrogen-bond acceptors (Lipinski definition) is 1. The summed E-state index contributed by atoms with van der Waals surface area (Å²) in [6.45, 7) is 27.9. The Labute approximate surface area is 358 Å². The zero-order valence-corrected chi connectivity index (χ0v) is 37.9. The second kappa shape index (κ2) is 22.5. The van der Waals surface area contributed by atoms with Crippen molar-refractivity contribution >= 4 is 5.70 Å². The lowest BCUT2D eigenvalue weighted by molar-refractivity contribution is 0.640. The summed E-state index contributed by atoms with van der Waals surface area (Å²) in [6.07, 6.45) is 9.18. The first-order valence-corrected chi connectivity index (χ1v) is 21.7. The predicted molar refractivity (Wildman–Crippen MR) is 260 cm³/mol. The standard InChI is InChI=1S/C39H38.C11H13N.C6H12.C2H6/c1-26(2)23-31-25-35-34-21-13-12-16-30(34)24-36(35)38(29(31)5)39(32-17-8-6-9-18-32,33-19-10-7-11-20-33)37-22-14-15-27(3)28(37)4;1-3-9-12-10(2)11-7-5-4-6-8-11;1-4-6(3)5-2;1-2/h6-22,25-26H,23-24H2,1-5H3;3-9,12H,2H2,1H3;4H,5H2,1-3H3;1-2H3/b;9-3-;;. The molecule has 1 aliphatic rings. The molecule has 1 aliphatic carbocycles. The lowest BCUT2D eigenvalue weighted by Crippen LogP contribution is -2.34. The van der Waals surface area contributed by atoms with Gasteiger partial charge in [0.05, 0.1) is 5.41 Å². The number of rotatable bonds is 10. The normalized spacial score (nSPS) is 11.6. The molecule has 7 rings (SSSR count). The van der Waals surface area contributed by atoms with Crippen molar-refractivity contribution in [2.45, 2.75) is 101 Å². The molecule has 0 fully saturated rings. The molecule has 1 heteroatoms. The molecule has 0 aromatic heterocycles. The maximum Gasteiger partial charge on any atom is 0.0709 e. The third-order valence-corrected chi connectivity index (χ3v) is 11.5. The van der Waals surface area contributed by atoms with Crippen molar-refractivity contribution in [3.05, 3.63) is 231 Å². The maximum atomic E-state index is 3.90. The van der Waals surface area contributed by atoms with Gasteiger partial charge in [0.2, 0.25) is 0 Å². The van der Waals surface area contributed by atoms with Gasteiger partial charge in [-0.15, -0.1) is 0 Å². The molecule has 1 N–H and O–H groups in total. The van der Waals surface area contributed by atoms with Crippen LogP contribution in [-0.2, 0) is 18.3 Å². The van der Waals surface area contributed by atoms with Crippen molar-refractivity contribution in [1.82, 2.24) is 5.32 Å². The molecule has 6 aromatic carbocycles. The summed E-state index contributed by atoms with van der Waals surface area (Å²) in [6, 6.07) is 51.0. The third-order valence-electron chi connectivity index (χ3n) is 11.5. The largest absolute Gasteiger partial charge is 0.362 e. The zero-order chi connectivity index (χ0) is 43.0. The SMILES string of the molecule is C=C(N/C=C\C)c1ccccc1.CC.CC=C(C)CC.Cc1cccc(C(c2ccccc2)(c2ccccc2)c2c(C)c(CC(C)C)cc3c2Cc2ccccc2-3)c1C. The number of aryl methyl sites for hydroxylation is 1. The Balaban J connectivity index is 0.000000318. The van der Waals surface area contributed by atoms with Crippen LogP contribution in [0.1, 0.15) is 123 Å². The summed E-state index contributed by atoms with van der Waals surface area (Å²) in [5.74, 6) is 0.579. The van der Waals surface area contributed by atoms with Crippen LogP contribution >= 0.6 is 0 Å². The lowest BCUT2D eigenvalue weighted by atomic mass is 9.60. The molecule has 0 unspecified atom stereocenters. The van der Waals surface area contributed by atoms with E-state index in [2.05, 4.69) is 183 Å². The van der Waals surface area contributed by atoms with Gasteiger partial charge < -0.3 is 5.32 Å². The van der Waals surface area contributed by atoms with Gasteiger partial charge >= 0.3 is 0 Å². The molecule has 6 aromatic rings. The molecule has 0 saturated carbocycles. The Morgan fingerprint density at radius 2 is 1.27 bits per heavy atom. The smallest absolute Gasteiger partial charge is 0.0709 e. The van der Waals surface area contributed by atoms with E-state index in [9.17, 15) is 0 Å². The van der Waals surface area contributed by atoms with Crippen molar-refractivity contribution in [2.75, 3.05) is 0 Å². The molecule has 306 valence electrons. The van der Waals surface area contributed by atoms with E-state index in [1.54, 1.807) is 0 Å². The Hall–Kier alpha value is -5.66. The minimum Gasteiger partial charge on any atom is -0.362 e. The second-order valence-corrected chi connectivity index (χ2v) is 15.7. The van der Waals surface area contributed by atoms with Crippen LogP contribution in [0.15, 0.2) is 170 Å². The second-order valence-electron chi connectivity index (χ2n) is 15.7. The first-order valence-electron chi connectivity index (χ1n) is 21.7. The summed E-state index contributed by atoms with van der Waals surface area (Å²) in [5, 5.41) is 3.07. The van der Waals surface area contributed by atoms with Crippen molar-refractivity contribution < 1.29 is 0 Å². The Kier molecular flexibility index (Phi) is 17.5. The highest BCUT2D eigenvalue weighted by Gasteiger charge is 2.44. The number of nitrogens with one attached hydrogen (secondary N) is 1. The van der Waals surface area contributed by atoms with Gasteiger partial charge in [-0.2, -0.15) is 0 Å². The summed E-state index contributed by atoms with van der Waals surface area (Å²) in [5.41, 5.74) is 19.9. The van der Waals surface area contributed by atoms with E-state index in [-0.39, 0.29) is 0 Å². The van der Waals surface area contributed by atoms with E-state index in [4.69, 9.17) is 0 Å². The van der Waals surface area contributed by atoms with Gasteiger partial charge in [-0.3, -0.25) is 0 Å². The average Bonchev–Trinajstić information content (AvgIpc) is 3.64. The number of hydrogen-bond donors (Lipinski definition) is 1. The average molecular weight is 780 g/mol. The van der Waals surface area contributed by atoms with Crippen LogP contribution in [0, 0.1) is 26.7 Å². The topological polar surface area (TPSA) is 12.0 Å². The first kappa shape index (κ1) is 46.0. The quantitative estimate of drug-likeness (QED) is 0.108. The summed E-state index contributed by atoms with van der Waals surface area (Å²) >= 11 is 0. The van der Waals surface area contributed by atoms with E-state index in [0.29, 0.717) is 5.92 Å². The number of allylic oxidation sites excluding steroid dienone is 3. The van der Waals surface area contributed by atoms with Gasteiger partial charge in [-0.1, -0.05) is 198 Å². The predicted octanol–water partition coefficient (Wildman–Crippen LogP) is 15.9. The molecule has 0 saturated heterocycles. The lowest BCUT2D eigenvalue weighted by Gasteiger charge is -2.41. The van der Waals surface area contributed by atoms with Crippen LogP contribution in [0.5, 0.6) is 0 Å². The number of fused-ring (bicyclic) bond motifs is 3. The highest BCUT2D eigenvalue weighted by molar-refractivity contribution is 5.82. The maximum absolute atomic E-state index is 3.90. The van der Waals surface area contributed by atoms with Crippen LogP contribution in [0.25, 0.3) is 16.8 Å². The summed E-state index contributed by atoms with van der Waals surface area (Å²) in [7, 11) is 0. The highest BCUT2D eigenvalue weighted by Crippen LogP contribution is 2.53. The van der Waals surface area contributed by atoms with Gasteiger partial charge in [-0.05, 0) is 145 Å². The summed E-state index contributed by atoms with van der Waals surface area (Å²) in [4.78, 5) is 0. The molecule has 0 aliphatic heterocycles. The fourth-order valence-corrected chi connectivity index (χ4v) is 8.15. The van der Waals surface area contributed by atoms with Crippen LogP contribution in [-0.4, -0.2) is 0 Å². The summed E-state index contributed by atoms with van der Waals surface area (Å²) < 4.78 is 0. The van der Waals surface area contributed by atoms with Crippen LogP contribution < -0.4 is 5.32 Å². The molecule has 0 radical (unpaired) electrons. The van der Waals surface area contributed by atoms with E-state index in [1.165, 1.54) is 78.8 Å². The minimum absolute atomic E-state index is 0.443. The van der Waals surface area contributed by atoms with Crippen molar-refractivity contribution in [3.63, 3.8) is 0 Å². The van der Waals surface area contributed by atoms with E-state index >= 15 is 0 Å². The van der Waals surface area contributed by atoms with Crippen molar-refractivity contribution in [1.29, 1.82) is 0 Å². The minimum atomic E-state index is -0.443. The Bertz CT molecular complexity index is 2250. The monoisotopic (exact) mass is 780 g/mol. The van der Waals surface area contributed by atoms with E-state index < -0.39 is 5.41 Å². The van der Waals surface area contributed by atoms with Crippen molar-refractivity contribution in [3.8, 4) is 11.1 Å². The molecule has 0 amide bonds. The van der Waals surface area contributed by atoms with Gasteiger partial charge in [0.15, 0.2) is 0 Å². The Morgan fingerprint density at radius 1 is 0.712 bits per heavy atom. The van der Waals surface area contributed by atoms with Crippen LogP contribution in [0.3, 0.4) is 0 Å². The van der Waals surface area contributed by atoms with Gasteiger partial charge in [0.1, 0.15) is 0 Å². The van der Waals surface area contributed by atoms with Crippen LogP contribution in [0.2, 0.25) is 0 Å². The molecule has 0 atom stereocenters. The molecule has 1 nitrogen and oxygen atoms in total. The highest BCUT2D eigenvalue weighted by atomic mass is 14.8. The van der Waals surface area contributed by atoms with Gasteiger partial charge in [0, 0.05) is 5.70 Å². The van der Waals surface area contributed by atoms with E-state index in [0.717, 1.165) is 24.1 Å². The molecule has 59 heavy (non-hydrogen) atoms. The third kappa shape index (κ3) is 10.7.